The van der Waals surface area contributed by atoms with E-state index >= 15 is 0 Å². The lowest BCUT2D eigenvalue weighted by atomic mass is 10.7. The van der Waals surface area contributed by atoms with E-state index in [-0.39, 0.29) is 0 Å². The molecule has 11 nitrogen and oxygen atoms in total. The van der Waals surface area contributed by atoms with Crippen LogP contribution in [0, 0.1) is 0 Å². The molecule has 0 fully saturated rings. The van der Waals surface area contributed by atoms with Gasteiger partial charge < -0.3 is 20.4 Å². The zero-order chi connectivity index (χ0) is 22.1. The topological polar surface area (TPSA) is 196 Å². The van der Waals surface area contributed by atoms with E-state index in [0.717, 1.165) is 30.4 Å². The summed E-state index contributed by atoms with van der Waals surface area (Å²) in [5, 5.41) is 37.8. The predicted molar refractivity (Wildman–Crippen MR) is 90.2 cm³/mol. The van der Waals surface area contributed by atoms with Crippen molar-refractivity contribution in [1.29, 1.82) is 0 Å². The largest absolute Gasteiger partial charge is 0.478 e. The molecule has 0 aromatic carbocycles. The molecule has 0 aromatic rings. The highest BCUT2D eigenvalue weighted by molar-refractivity contribution is 5.80. The lowest BCUT2D eigenvalue weighted by molar-refractivity contribution is -0.228. The second kappa shape index (κ2) is 29.1. The molecule has 0 radical (unpaired) electrons. The number of hydrogen-bond acceptors (Lipinski definition) is 7. The molecule has 0 saturated carbocycles. The summed E-state index contributed by atoms with van der Waals surface area (Å²) < 4.78 is 0. The van der Waals surface area contributed by atoms with Crippen LogP contribution in [0.3, 0.4) is 0 Å². The van der Waals surface area contributed by atoms with E-state index < -0.39 is 29.8 Å². The van der Waals surface area contributed by atoms with Crippen LogP contribution in [-0.4, -0.2) is 55.5 Å². The van der Waals surface area contributed by atoms with E-state index in [9.17, 15) is 24.0 Å². The fraction of sp³-hybridized carbons (Fsp3) is 0. The van der Waals surface area contributed by atoms with Crippen LogP contribution >= 0.6 is 0 Å². The maximum absolute atomic E-state index is 9.59. The highest BCUT2D eigenvalue weighted by Crippen LogP contribution is 1.67. The van der Waals surface area contributed by atoms with Crippen molar-refractivity contribution in [1.82, 2.24) is 0 Å². The number of rotatable bonds is 5. The van der Waals surface area contributed by atoms with Gasteiger partial charge in [0.25, 0.3) is 0 Å². The van der Waals surface area contributed by atoms with Gasteiger partial charge in [-0.2, -0.15) is 5.26 Å². The van der Waals surface area contributed by atoms with Crippen LogP contribution in [0.1, 0.15) is 0 Å². The molecule has 146 valence electrons. The van der Waals surface area contributed by atoms with E-state index in [4.69, 9.17) is 25.7 Å². The summed E-state index contributed by atoms with van der Waals surface area (Å²) >= 11 is 0. The molecule has 0 aromatic heterocycles. The van der Waals surface area contributed by atoms with Gasteiger partial charge in [-0.3, -0.25) is 4.89 Å². The Kier molecular flexibility index (Phi) is 37.5. The van der Waals surface area contributed by atoms with Crippen LogP contribution in [-0.2, 0) is 28.9 Å². The first-order chi connectivity index (χ1) is 11.9. The van der Waals surface area contributed by atoms with Crippen molar-refractivity contribution in [2.24, 2.45) is 0 Å². The molecule has 0 heterocycles. The van der Waals surface area contributed by atoms with Crippen LogP contribution in [0.5, 0.6) is 0 Å². The van der Waals surface area contributed by atoms with E-state index in [1.54, 1.807) is 0 Å². The number of hydrogen-bond donors (Lipinski definition) is 5. The molecule has 11 heteroatoms. The van der Waals surface area contributed by atoms with Crippen LogP contribution < -0.4 is 0 Å². The molecule has 0 amide bonds. The Morgan fingerprint density at radius 3 is 0.692 bits per heavy atom. The number of carbonyl (C=O) groups is 5. The van der Waals surface area contributed by atoms with Crippen molar-refractivity contribution in [2.45, 2.75) is 0 Å². The smallest absolute Gasteiger partial charge is 0.365 e. The van der Waals surface area contributed by atoms with E-state index in [1.807, 2.05) is 0 Å². The van der Waals surface area contributed by atoms with E-state index in [1.165, 1.54) is 0 Å². The number of carboxylic acids is 4. The first kappa shape index (κ1) is 33.6. The van der Waals surface area contributed by atoms with Gasteiger partial charge in [0.2, 0.25) is 0 Å². The van der Waals surface area contributed by atoms with Crippen LogP contribution in [0.15, 0.2) is 63.3 Å². The average Bonchev–Trinajstić information content (AvgIpc) is 2.62. The Morgan fingerprint density at radius 2 is 0.692 bits per heavy atom. The van der Waals surface area contributed by atoms with Gasteiger partial charge in [0, 0.05) is 30.4 Å². The Hall–Kier alpha value is -3.99. The van der Waals surface area contributed by atoms with E-state index in [0.29, 0.717) is 0 Å². The lowest BCUT2D eigenvalue weighted by Gasteiger charge is -1.78. The molecule has 0 aliphatic rings. The number of aliphatic carboxylic acids is 4. The molecule has 0 aliphatic carbocycles. The summed E-state index contributed by atoms with van der Waals surface area (Å²) in [6.45, 7) is 14.8. The van der Waals surface area contributed by atoms with Gasteiger partial charge in [-0.25, -0.2) is 24.0 Å². The monoisotopic (exact) mass is 376 g/mol. The maximum Gasteiger partial charge on any atom is 0.365 e. The fourth-order valence-electron chi connectivity index (χ4n) is 0.0373. The average molecular weight is 376 g/mol. The second-order valence-corrected chi connectivity index (χ2v) is 2.78. The Morgan fingerprint density at radius 1 is 0.538 bits per heavy atom. The molecular formula is C15H20O11. The molecule has 0 aliphatic heterocycles. The van der Waals surface area contributed by atoms with Gasteiger partial charge in [0.05, 0.1) is 0 Å². The molecular weight excluding hydrogens is 356 g/mol. The zero-order valence-corrected chi connectivity index (χ0v) is 13.6. The fourth-order valence-corrected chi connectivity index (χ4v) is 0.0373. The minimum Gasteiger partial charge on any atom is -0.478 e. The first-order valence-corrected chi connectivity index (χ1v) is 5.79. The van der Waals surface area contributed by atoms with E-state index in [2.05, 4.69) is 37.8 Å². The van der Waals surface area contributed by atoms with Crippen molar-refractivity contribution in [3.05, 3.63) is 63.3 Å². The second-order valence-electron chi connectivity index (χ2n) is 2.78. The summed E-state index contributed by atoms with van der Waals surface area (Å²) in [6.07, 6.45) is 4.19. The van der Waals surface area contributed by atoms with Gasteiger partial charge in [-0.05, 0) is 0 Å². The van der Waals surface area contributed by atoms with Crippen LogP contribution in [0.25, 0.3) is 0 Å². The summed E-state index contributed by atoms with van der Waals surface area (Å²) in [5.74, 6) is -4.76. The minimum atomic E-state index is -0.981. The summed E-state index contributed by atoms with van der Waals surface area (Å²) in [6, 6.07) is 0. The van der Waals surface area contributed by atoms with Crippen molar-refractivity contribution < 1.29 is 54.5 Å². The van der Waals surface area contributed by atoms with Crippen molar-refractivity contribution in [3.63, 3.8) is 0 Å². The highest BCUT2D eigenvalue weighted by Gasteiger charge is 1.85. The van der Waals surface area contributed by atoms with Gasteiger partial charge in [0.1, 0.15) is 0 Å². The number of carboxylic acid groups (broad SMARTS) is 4. The summed E-state index contributed by atoms with van der Waals surface area (Å²) in [7, 11) is 0. The SMILES string of the molecule is C=CC(=O)O.C=CC(=O)O.C=CC(=O)O.C=CC(=O)O.C=CC(=O)OO. The third-order valence-electron chi connectivity index (χ3n) is 0.955. The van der Waals surface area contributed by atoms with Gasteiger partial charge >= 0.3 is 29.8 Å². The van der Waals surface area contributed by atoms with Crippen molar-refractivity contribution in [2.75, 3.05) is 0 Å². The van der Waals surface area contributed by atoms with Gasteiger partial charge in [-0.15, -0.1) is 0 Å². The van der Waals surface area contributed by atoms with Crippen LogP contribution in [0.2, 0.25) is 0 Å². The summed E-state index contributed by atoms with van der Waals surface area (Å²) in [4.78, 5) is 49.7. The molecule has 0 atom stereocenters. The molecule has 26 heavy (non-hydrogen) atoms. The molecule has 0 spiro atoms. The first-order valence-electron chi connectivity index (χ1n) is 5.79. The third-order valence-corrected chi connectivity index (χ3v) is 0.955. The Labute approximate surface area is 148 Å². The zero-order valence-electron chi connectivity index (χ0n) is 13.6. The van der Waals surface area contributed by atoms with Crippen molar-refractivity contribution >= 4 is 29.8 Å². The standard InChI is InChI=1S/C3H4O3.4C3H4O2/c1-2-3(4)6-5;4*1-2-3(4)5/h2,5H,1H2;4*2H,1H2,(H,4,5). The van der Waals surface area contributed by atoms with Gasteiger partial charge in [0.15, 0.2) is 0 Å². The third kappa shape index (κ3) is 113. The van der Waals surface area contributed by atoms with Crippen LogP contribution in [0.4, 0.5) is 0 Å². The number of carbonyl (C=O) groups excluding carboxylic acids is 1. The minimum absolute atomic E-state index is 0.833. The molecule has 5 N–H and O–H groups in total. The molecule has 0 saturated heterocycles. The summed E-state index contributed by atoms with van der Waals surface area (Å²) in [5.41, 5.74) is 0. The lowest BCUT2D eigenvalue weighted by Crippen LogP contribution is -1.92. The Balaban J connectivity index is -0.0000000708. The quantitative estimate of drug-likeness (QED) is 0.263. The predicted octanol–water partition coefficient (Wildman–Crippen LogP) is 1.22. The maximum atomic E-state index is 9.59. The molecule has 0 unspecified atom stereocenters. The molecule has 0 bridgehead atoms. The highest BCUT2D eigenvalue weighted by atomic mass is 17.1. The molecule has 0 rings (SSSR count). The Bertz CT molecular complexity index is 432. The normalized spacial score (nSPS) is 6.50. The van der Waals surface area contributed by atoms with Gasteiger partial charge in [-0.1, -0.05) is 32.9 Å². The van der Waals surface area contributed by atoms with Crippen molar-refractivity contribution in [3.8, 4) is 0 Å².